The van der Waals surface area contributed by atoms with Crippen molar-refractivity contribution in [3.05, 3.63) is 36.3 Å². The summed E-state index contributed by atoms with van der Waals surface area (Å²) in [4.78, 5) is 38.0. The molecule has 1 spiro atoms. The van der Waals surface area contributed by atoms with Crippen LogP contribution in [0.3, 0.4) is 0 Å². The molecule has 0 aromatic carbocycles. The molecule has 0 bridgehead atoms. The summed E-state index contributed by atoms with van der Waals surface area (Å²) in [6.07, 6.45) is 6.47. The average Bonchev–Trinajstić information content (AvgIpc) is 3.12. The molecule has 3 heterocycles. The van der Waals surface area contributed by atoms with Crippen molar-refractivity contribution in [2.45, 2.75) is 95.7 Å². The van der Waals surface area contributed by atoms with Crippen molar-refractivity contribution in [1.29, 1.82) is 0 Å². The zero-order valence-corrected chi connectivity index (χ0v) is 23.1. The maximum atomic E-state index is 13.1. The smallest absolute Gasteiger partial charge is 0.347 e. The zero-order chi connectivity index (χ0) is 27.9. The van der Waals surface area contributed by atoms with E-state index in [1.807, 2.05) is 19.9 Å². The normalized spacial score (nSPS) is 43.7. The number of carbonyl (C=O) groups excluding carboxylic acids is 3. The van der Waals surface area contributed by atoms with Gasteiger partial charge in [-0.3, -0.25) is 4.79 Å². The van der Waals surface area contributed by atoms with Crippen LogP contribution < -0.4 is 0 Å². The van der Waals surface area contributed by atoms with E-state index in [4.69, 9.17) is 23.4 Å². The van der Waals surface area contributed by atoms with E-state index in [1.54, 1.807) is 32.4 Å². The predicted octanol–water partition coefficient (Wildman–Crippen LogP) is 3.69. The minimum absolute atomic E-state index is 0.0533. The number of aliphatic hydroxyl groups is 1. The van der Waals surface area contributed by atoms with Gasteiger partial charge in [-0.05, 0) is 57.6 Å². The minimum atomic E-state index is -1.33. The van der Waals surface area contributed by atoms with Gasteiger partial charge in [0.05, 0.1) is 31.7 Å². The summed E-state index contributed by atoms with van der Waals surface area (Å²) in [7, 11) is 1.24. The van der Waals surface area contributed by atoms with Crippen molar-refractivity contribution >= 4 is 17.9 Å². The second-order valence-corrected chi connectivity index (χ2v) is 12.6. The van der Waals surface area contributed by atoms with Crippen LogP contribution >= 0.6 is 0 Å². The molecule has 1 N–H and O–H groups in total. The van der Waals surface area contributed by atoms with Gasteiger partial charge in [-0.25, -0.2) is 9.59 Å². The third-order valence-corrected chi connectivity index (χ3v) is 10.3. The number of ether oxygens (including phenoxy) is 4. The summed E-state index contributed by atoms with van der Waals surface area (Å²) in [5.74, 6) is -2.92. The van der Waals surface area contributed by atoms with Gasteiger partial charge < -0.3 is 28.5 Å². The summed E-state index contributed by atoms with van der Waals surface area (Å²) in [6.45, 7) is 10.8. The summed E-state index contributed by atoms with van der Waals surface area (Å²) < 4.78 is 28.6. The van der Waals surface area contributed by atoms with Crippen LogP contribution in [0.15, 0.2) is 35.2 Å². The van der Waals surface area contributed by atoms with Crippen LogP contribution in [-0.4, -0.2) is 59.1 Å². The van der Waals surface area contributed by atoms with Gasteiger partial charge in [-0.1, -0.05) is 19.9 Å². The first-order valence-corrected chi connectivity index (χ1v) is 13.3. The standard InChI is InChI=1S/C29H38O9/c1-16(30)36-22(24(33)34-7)23-25(2,3)37-21(32)9-11-26(23,4)19-8-12-27(5)18(17-10-13-35-15-17)14-20(31)29(27)28(19,6)38-29/h9-11,13,15,18-20,22-23,31H,8,12,14H2,1-7H3/t18-,19+,20+,22+,23-,26+,27-,28+,29-/m0/s1. The lowest BCUT2D eigenvalue weighted by Gasteiger charge is -2.53. The third kappa shape index (κ3) is 3.40. The van der Waals surface area contributed by atoms with Crippen LogP contribution in [0.4, 0.5) is 0 Å². The van der Waals surface area contributed by atoms with Crippen LogP contribution in [0.25, 0.3) is 0 Å². The fraction of sp³-hybridized carbons (Fsp3) is 0.690. The number of epoxide rings is 1. The number of rotatable bonds is 5. The van der Waals surface area contributed by atoms with E-state index in [2.05, 4.69) is 6.92 Å². The molecule has 0 amide bonds. The second-order valence-electron chi connectivity index (χ2n) is 12.6. The Kier molecular flexibility index (Phi) is 5.97. The molecule has 1 aromatic rings. The number of methoxy groups -OCH3 is 1. The number of allylic oxidation sites excluding steroid dienone is 1. The van der Waals surface area contributed by atoms with Crippen LogP contribution in [0.2, 0.25) is 0 Å². The van der Waals surface area contributed by atoms with Gasteiger partial charge in [-0.15, -0.1) is 0 Å². The van der Waals surface area contributed by atoms with Crippen molar-refractivity contribution in [1.82, 2.24) is 0 Å². The van der Waals surface area contributed by atoms with Gasteiger partial charge in [0.15, 0.2) is 0 Å². The molecule has 9 atom stereocenters. The maximum absolute atomic E-state index is 13.1. The molecule has 5 rings (SSSR count). The number of esters is 3. The van der Waals surface area contributed by atoms with Crippen molar-refractivity contribution < 1.29 is 42.9 Å². The first-order chi connectivity index (χ1) is 17.7. The van der Waals surface area contributed by atoms with E-state index in [0.717, 1.165) is 12.0 Å². The van der Waals surface area contributed by atoms with E-state index in [1.165, 1.54) is 20.1 Å². The highest BCUT2D eigenvalue weighted by molar-refractivity contribution is 5.84. The molecule has 3 fully saturated rings. The number of cyclic esters (lactones) is 1. The Morgan fingerprint density at radius 2 is 1.89 bits per heavy atom. The van der Waals surface area contributed by atoms with Crippen molar-refractivity contribution in [3.63, 3.8) is 0 Å². The number of aliphatic hydroxyl groups excluding tert-OH is 1. The summed E-state index contributed by atoms with van der Waals surface area (Å²) in [5, 5.41) is 11.5. The lowest BCUT2D eigenvalue weighted by atomic mass is 9.49. The van der Waals surface area contributed by atoms with Gasteiger partial charge in [0, 0.05) is 29.7 Å². The Hall–Kier alpha value is -2.65. The van der Waals surface area contributed by atoms with Crippen LogP contribution in [0.1, 0.15) is 72.3 Å². The van der Waals surface area contributed by atoms with Crippen molar-refractivity contribution in [2.75, 3.05) is 7.11 Å². The Morgan fingerprint density at radius 3 is 2.50 bits per heavy atom. The fourth-order valence-corrected chi connectivity index (χ4v) is 9.00. The lowest BCUT2D eigenvalue weighted by Crippen LogP contribution is -2.61. The first kappa shape index (κ1) is 26.9. The average molecular weight is 531 g/mol. The molecule has 2 aliphatic heterocycles. The number of furan rings is 1. The molecule has 0 radical (unpaired) electrons. The largest absolute Gasteiger partial charge is 0.472 e. The van der Waals surface area contributed by atoms with Gasteiger partial charge in [0.2, 0.25) is 6.10 Å². The molecule has 4 aliphatic rings. The number of hydrogen-bond acceptors (Lipinski definition) is 9. The third-order valence-electron chi connectivity index (χ3n) is 10.3. The molecule has 1 saturated heterocycles. The van der Waals surface area contributed by atoms with Crippen LogP contribution in [0, 0.1) is 22.7 Å². The molecule has 0 unspecified atom stereocenters. The summed E-state index contributed by atoms with van der Waals surface area (Å²) in [5.41, 5.74) is -3.06. The highest BCUT2D eigenvalue weighted by atomic mass is 16.6. The minimum Gasteiger partial charge on any atom is -0.472 e. The molecule has 9 nitrogen and oxygen atoms in total. The maximum Gasteiger partial charge on any atom is 0.347 e. The Balaban J connectivity index is 1.62. The van der Waals surface area contributed by atoms with Gasteiger partial charge in [-0.2, -0.15) is 0 Å². The topological polar surface area (TPSA) is 125 Å². The predicted molar refractivity (Wildman–Crippen MR) is 134 cm³/mol. The van der Waals surface area contributed by atoms with Gasteiger partial charge in [0.1, 0.15) is 16.8 Å². The Bertz CT molecular complexity index is 1170. The van der Waals surface area contributed by atoms with E-state index in [9.17, 15) is 19.5 Å². The summed E-state index contributed by atoms with van der Waals surface area (Å²) >= 11 is 0. The van der Waals surface area contributed by atoms with Crippen LogP contribution in [0.5, 0.6) is 0 Å². The monoisotopic (exact) mass is 530 g/mol. The van der Waals surface area contributed by atoms with E-state index < -0.39 is 58.3 Å². The fourth-order valence-electron chi connectivity index (χ4n) is 9.00. The van der Waals surface area contributed by atoms with E-state index in [-0.39, 0.29) is 17.3 Å². The highest BCUT2D eigenvalue weighted by Crippen LogP contribution is 2.79. The van der Waals surface area contributed by atoms with Gasteiger partial charge >= 0.3 is 17.9 Å². The first-order valence-electron chi connectivity index (χ1n) is 13.3. The number of carbonyl (C=O) groups is 3. The van der Waals surface area contributed by atoms with Crippen molar-refractivity contribution in [3.8, 4) is 0 Å². The summed E-state index contributed by atoms with van der Waals surface area (Å²) in [6, 6.07) is 1.95. The SMILES string of the molecule is COC(=O)[C@H](OC(C)=O)[C@H]1C(C)(C)OC(=O)C=C[C@]1(C)[C@H]1CC[C@@]2(C)[C@H](c3ccoc3)C[C@@H](O)[C@]23O[C@]13C. The quantitative estimate of drug-likeness (QED) is 0.345. The molecular formula is C29H38O9. The zero-order valence-electron chi connectivity index (χ0n) is 23.1. The molecule has 208 valence electrons. The molecule has 1 aromatic heterocycles. The molecule has 2 aliphatic carbocycles. The highest BCUT2D eigenvalue weighted by Gasteiger charge is 2.87. The van der Waals surface area contributed by atoms with E-state index >= 15 is 0 Å². The second kappa shape index (κ2) is 8.42. The lowest BCUT2D eigenvalue weighted by molar-refractivity contribution is -0.193. The molecule has 9 heteroatoms. The van der Waals surface area contributed by atoms with Crippen LogP contribution in [-0.2, 0) is 33.3 Å². The molecule has 2 saturated carbocycles. The molecule has 38 heavy (non-hydrogen) atoms. The van der Waals surface area contributed by atoms with E-state index in [0.29, 0.717) is 12.8 Å². The van der Waals surface area contributed by atoms with Gasteiger partial charge in [0.25, 0.3) is 0 Å². The number of hydrogen-bond donors (Lipinski definition) is 1. The molecular weight excluding hydrogens is 492 g/mol. The Morgan fingerprint density at radius 1 is 1.18 bits per heavy atom. The Labute approximate surface area is 222 Å². The van der Waals surface area contributed by atoms with Crippen molar-refractivity contribution in [2.24, 2.45) is 22.7 Å².